The van der Waals surface area contributed by atoms with Crippen LogP contribution in [0.3, 0.4) is 0 Å². The fourth-order valence-electron chi connectivity index (χ4n) is 5.91. The maximum Gasteiger partial charge on any atom is 0.0467 e. The highest BCUT2D eigenvalue weighted by Gasteiger charge is 2.27. The Morgan fingerprint density at radius 2 is 1.67 bits per heavy atom. The molecule has 0 spiro atoms. The van der Waals surface area contributed by atoms with Crippen LogP contribution in [0.4, 0.5) is 0 Å². The second-order valence-electron chi connectivity index (χ2n) is 10.1. The zero-order valence-corrected chi connectivity index (χ0v) is 20.5. The molecule has 2 saturated heterocycles. The molecule has 5 rings (SSSR count). The molecule has 174 valence electrons. The van der Waals surface area contributed by atoms with Crippen molar-refractivity contribution < 1.29 is 0 Å². The van der Waals surface area contributed by atoms with Crippen LogP contribution < -0.4 is 0 Å². The van der Waals surface area contributed by atoms with Gasteiger partial charge < -0.3 is 14.7 Å². The second-order valence-corrected chi connectivity index (χ2v) is 10.1. The molecule has 2 fully saturated rings. The Kier molecular flexibility index (Phi) is 6.59. The highest BCUT2D eigenvalue weighted by atomic mass is 15.2. The van der Waals surface area contributed by atoms with Gasteiger partial charge in [0.05, 0.1) is 0 Å². The van der Waals surface area contributed by atoms with Gasteiger partial charge in [0, 0.05) is 42.3 Å². The zero-order chi connectivity index (χ0) is 22.8. The Morgan fingerprint density at radius 1 is 0.939 bits per heavy atom. The molecule has 1 aromatic rings. The molecule has 0 amide bonds. The molecule has 3 aliphatic heterocycles. The van der Waals surface area contributed by atoms with Gasteiger partial charge in [-0.25, -0.2) is 0 Å². The Labute approximate surface area is 200 Å². The summed E-state index contributed by atoms with van der Waals surface area (Å²) in [6.45, 7) is 12.3. The number of piperidine rings is 2. The fourth-order valence-corrected chi connectivity index (χ4v) is 5.91. The first kappa shape index (κ1) is 22.3. The predicted octanol–water partition coefficient (Wildman–Crippen LogP) is 6.31. The summed E-state index contributed by atoms with van der Waals surface area (Å²) >= 11 is 0. The highest BCUT2D eigenvalue weighted by Crippen LogP contribution is 2.38. The second kappa shape index (κ2) is 9.77. The molecule has 4 aliphatic rings. The van der Waals surface area contributed by atoms with Crippen LogP contribution >= 0.6 is 0 Å². The first-order valence-electron chi connectivity index (χ1n) is 13.0. The maximum absolute atomic E-state index is 4.40. The van der Waals surface area contributed by atoms with E-state index in [-0.39, 0.29) is 0 Å². The van der Waals surface area contributed by atoms with Crippen molar-refractivity contribution in [1.82, 2.24) is 14.7 Å². The minimum absolute atomic E-state index is 0.712. The van der Waals surface area contributed by atoms with E-state index in [9.17, 15) is 0 Å². The average molecular weight is 442 g/mol. The van der Waals surface area contributed by atoms with Crippen LogP contribution in [0.2, 0.25) is 0 Å². The van der Waals surface area contributed by atoms with E-state index in [1.54, 1.807) is 0 Å². The molecule has 0 radical (unpaired) electrons. The zero-order valence-electron chi connectivity index (χ0n) is 20.5. The number of likely N-dealkylation sites (N-methyl/N-ethyl adjacent to an activating group) is 1. The van der Waals surface area contributed by atoms with E-state index >= 15 is 0 Å². The van der Waals surface area contributed by atoms with Crippen LogP contribution in [-0.2, 0) is 0 Å². The molecule has 1 aliphatic carbocycles. The summed E-state index contributed by atoms with van der Waals surface area (Å²) in [7, 11) is 2.23. The monoisotopic (exact) mass is 441 g/mol. The van der Waals surface area contributed by atoms with Gasteiger partial charge in [-0.15, -0.1) is 0 Å². The number of hydrogen-bond acceptors (Lipinski definition) is 3. The van der Waals surface area contributed by atoms with Gasteiger partial charge in [-0.1, -0.05) is 43.0 Å². The molecular formula is C30H39N3. The largest absolute Gasteiger partial charge is 0.371 e. The molecule has 0 atom stereocenters. The molecule has 0 bridgehead atoms. The molecule has 0 aromatic heterocycles. The van der Waals surface area contributed by atoms with Crippen molar-refractivity contribution in [2.75, 3.05) is 39.8 Å². The normalized spacial score (nSPS) is 22.8. The van der Waals surface area contributed by atoms with E-state index in [1.807, 2.05) is 0 Å². The third-order valence-electron chi connectivity index (χ3n) is 7.95. The van der Waals surface area contributed by atoms with E-state index in [0.717, 1.165) is 18.7 Å². The van der Waals surface area contributed by atoms with Crippen LogP contribution in [0, 0.1) is 0 Å². The fraction of sp³-hybridized carbons (Fsp3) is 0.467. The summed E-state index contributed by atoms with van der Waals surface area (Å²) in [5.41, 5.74) is 9.48. The lowest BCUT2D eigenvalue weighted by atomic mass is 9.88. The number of allylic oxidation sites excluding steroid dienone is 6. The third kappa shape index (κ3) is 4.61. The summed E-state index contributed by atoms with van der Waals surface area (Å²) in [5, 5.41) is 0. The first-order chi connectivity index (χ1) is 16.1. The third-order valence-corrected chi connectivity index (χ3v) is 7.95. The van der Waals surface area contributed by atoms with Crippen molar-refractivity contribution in [1.29, 1.82) is 0 Å². The molecule has 1 aromatic carbocycles. The molecule has 3 heterocycles. The predicted molar refractivity (Wildman–Crippen MR) is 140 cm³/mol. The van der Waals surface area contributed by atoms with Crippen LogP contribution in [0.1, 0.15) is 62.5 Å². The molecule has 3 nitrogen and oxygen atoms in total. The Bertz CT molecular complexity index is 993. The van der Waals surface area contributed by atoms with Crippen molar-refractivity contribution >= 4 is 5.57 Å². The summed E-state index contributed by atoms with van der Waals surface area (Å²) in [6.07, 6.45) is 16.9. The van der Waals surface area contributed by atoms with E-state index in [2.05, 4.69) is 83.8 Å². The van der Waals surface area contributed by atoms with Gasteiger partial charge in [0.25, 0.3) is 0 Å². The maximum atomic E-state index is 4.40. The average Bonchev–Trinajstić information content (AvgIpc) is 3.08. The number of hydrogen-bond donors (Lipinski definition) is 0. The van der Waals surface area contributed by atoms with Crippen LogP contribution in [0.15, 0.2) is 77.8 Å². The van der Waals surface area contributed by atoms with Crippen molar-refractivity contribution in [2.24, 2.45) is 0 Å². The topological polar surface area (TPSA) is 9.72 Å². The number of nitrogens with zero attached hydrogens (tertiary/aromatic N) is 3. The van der Waals surface area contributed by atoms with E-state index in [0.29, 0.717) is 5.92 Å². The van der Waals surface area contributed by atoms with Crippen LogP contribution in [-0.4, -0.2) is 54.5 Å². The smallest absolute Gasteiger partial charge is 0.0467 e. The highest BCUT2D eigenvalue weighted by molar-refractivity contribution is 5.76. The van der Waals surface area contributed by atoms with E-state index in [4.69, 9.17) is 0 Å². The van der Waals surface area contributed by atoms with Crippen molar-refractivity contribution in [3.05, 3.63) is 88.9 Å². The van der Waals surface area contributed by atoms with Gasteiger partial charge in [0.1, 0.15) is 0 Å². The van der Waals surface area contributed by atoms with E-state index in [1.165, 1.54) is 92.0 Å². The lowest BCUT2D eigenvalue weighted by Crippen LogP contribution is -2.34. The lowest BCUT2D eigenvalue weighted by Gasteiger charge is -2.38. The molecule has 0 saturated carbocycles. The van der Waals surface area contributed by atoms with E-state index < -0.39 is 0 Å². The van der Waals surface area contributed by atoms with Crippen LogP contribution in [0.25, 0.3) is 5.57 Å². The van der Waals surface area contributed by atoms with Gasteiger partial charge in [-0.2, -0.15) is 0 Å². The van der Waals surface area contributed by atoms with Crippen molar-refractivity contribution in [3.8, 4) is 0 Å². The summed E-state index contributed by atoms with van der Waals surface area (Å²) < 4.78 is 0. The summed E-state index contributed by atoms with van der Waals surface area (Å²) in [5.74, 6) is 0.712. The molecule has 0 unspecified atom stereocenters. The summed E-state index contributed by atoms with van der Waals surface area (Å²) in [6, 6.07) is 9.42. The molecular weight excluding hydrogens is 402 g/mol. The van der Waals surface area contributed by atoms with Crippen molar-refractivity contribution in [2.45, 2.75) is 51.4 Å². The number of likely N-dealkylation sites (tertiary alicyclic amines) is 2. The minimum Gasteiger partial charge on any atom is -0.371 e. The minimum atomic E-state index is 0.712. The van der Waals surface area contributed by atoms with Crippen molar-refractivity contribution in [3.63, 3.8) is 0 Å². The van der Waals surface area contributed by atoms with Crippen LogP contribution in [0.5, 0.6) is 0 Å². The quantitative estimate of drug-likeness (QED) is 0.542. The first-order valence-corrected chi connectivity index (χ1v) is 13.0. The number of rotatable bonds is 4. The van der Waals surface area contributed by atoms with Gasteiger partial charge in [0.15, 0.2) is 0 Å². The SMILES string of the molecule is C=C1C=C(N2CCCCC2)C2=C(C=CC(c3ccc(C4CCN(C)CC4)cc3)=CC2)N1CC. The Balaban J connectivity index is 1.38. The lowest BCUT2D eigenvalue weighted by molar-refractivity contribution is 0.255. The van der Waals surface area contributed by atoms with Gasteiger partial charge in [-0.3, -0.25) is 0 Å². The Hall–Kier alpha value is -2.52. The Morgan fingerprint density at radius 3 is 2.36 bits per heavy atom. The van der Waals surface area contributed by atoms with Gasteiger partial charge in [0.2, 0.25) is 0 Å². The molecule has 0 N–H and O–H groups in total. The summed E-state index contributed by atoms with van der Waals surface area (Å²) in [4.78, 5) is 7.42. The number of benzene rings is 1. The molecule has 3 heteroatoms. The van der Waals surface area contributed by atoms with Gasteiger partial charge in [-0.05, 0) is 100 Å². The van der Waals surface area contributed by atoms with Gasteiger partial charge >= 0.3 is 0 Å². The standard InChI is InChI=1S/C30H39N3/c1-4-33-23(2)22-30(32-18-6-5-7-19-32)28-14-12-26(13-15-29(28)33)24-8-10-25(11-9-24)27-16-20-31(3)21-17-27/h8-13,15,22,27H,2,4-7,14,16-21H2,1,3H3. The molecule has 33 heavy (non-hydrogen) atoms.